The van der Waals surface area contributed by atoms with Crippen molar-refractivity contribution in [2.24, 2.45) is 5.41 Å². The first-order chi connectivity index (χ1) is 11.6. The SMILES string of the molecule is CCC1(C(=O)O)CN(C(=O)OC(C)(C)C)CCC1OS(=O)(=O)C(F)(F)F. The fraction of sp³-hybridized carbons (Fsp3) is 0.857. The first-order valence-electron chi connectivity index (χ1n) is 7.76. The van der Waals surface area contributed by atoms with E-state index in [-0.39, 0.29) is 13.0 Å². The van der Waals surface area contributed by atoms with Crippen molar-refractivity contribution in [1.29, 1.82) is 0 Å². The van der Waals surface area contributed by atoms with Gasteiger partial charge < -0.3 is 14.7 Å². The Labute approximate surface area is 149 Å². The normalized spacial score (nSPS) is 25.0. The van der Waals surface area contributed by atoms with E-state index in [1.165, 1.54) is 6.92 Å². The number of piperidine rings is 1. The van der Waals surface area contributed by atoms with E-state index in [1.54, 1.807) is 20.8 Å². The molecule has 2 unspecified atom stereocenters. The van der Waals surface area contributed by atoms with Crippen LogP contribution in [0.4, 0.5) is 18.0 Å². The molecule has 8 nitrogen and oxygen atoms in total. The van der Waals surface area contributed by atoms with E-state index >= 15 is 0 Å². The molecule has 0 saturated carbocycles. The number of rotatable bonds is 4. The highest BCUT2D eigenvalue weighted by Gasteiger charge is 2.56. The van der Waals surface area contributed by atoms with Gasteiger partial charge in [-0.3, -0.25) is 8.98 Å². The quantitative estimate of drug-likeness (QED) is 0.565. The Morgan fingerprint density at radius 3 is 2.19 bits per heavy atom. The third-order valence-corrected chi connectivity index (χ3v) is 5.04. The summed E-state index contributed by atoms with van der Waals surface area (Å²) in [6.07, 6.45) is -3.27. The van der Waals surface area contributed by atoms with Gasteiger partial charge in [0.1, 0.15) is 11.0 Å². The number of aliphatic carboxylic acids is 1. The van der Waals surface area contributed by atoms with Crippen molar-refractivity contribution in [3.8, 4) is 0 Å². The molecule has 0 aromatic carbocycles. The molecule has 1 saturated heterocycles. The van der Waals surface area contributed by atoms with Crippen molar-refractivity contribution in [3.05, 3.63) is 0 Å². The second-order valence-electron chi connectivity index (χ2n) is 6.99. The monoisotopic (exact) mass is 405 g/mol. The van der Waals surface area contributed by atoms with Gasteiger partial charge in [-0.05, 0) is 33.6 Å². The molecule has 26 heavy (non-hydrogen) atoms. The Morgan fingerprint density at radius 2 is 1.81 bits per heavy atom. The highest BCUT2D eigenvalue weighted by molar-refractivity contribution is 7.87. The maximum Gasteiger partial charge on any atom is 0.523 e. The lowest BCUT2D eigenvalue weighted by Gasteiger charge is -2.44. The third-order valence-electron chi connectivity index (χ3n) is 3.99. The Hall–Kier alpha value is -1.56. The number of carboxylic acid groups (broad SMARTS) is 1. The van der Waals surface area contributed by atoms with Gasteiger partial charge in [-0.1, -0.05) is 6.92 Å². The van der Waals surface area contributed by atoms with Gasteiger partial charge in [0, 0.05) is 13.1 Å². The smallest absolute Gasteiger partial charge is 0.481 e. The minimum absolute atomic E-state index is 0.206. The molecule has 0 radical (unpaired) electrons. The number of carbonyl (C=O) groups is 2. The zero-order chi connectivity index (χ0) is 20.6. The summed E-state index contributed by atoms with van der Waals surface area (Å²) in [4.78, 5) is 25.0. The van der Waals surface area contributed by atoms with Gasteiger partial charge in [-0.25, -0.2) is 4.79 Å². The van der Waals surface area contributed by atoms with Gasteiger partial charge in [0.2, 0.25) is 0 Å². The molecule has 0 aromatic rings. The molecule has 1 aliphatic rings. The van der Waals surface area contributed by atoms with E-state index in [0.29, 0.717) is 0 Å². The highest BCUT2D eigenvalue weighted by atomic mass is 32.2. The predicted octanol–water partition coefficient (Wildman–Crippen LogP) is 2.34. The molecule has 2 atom stereocenters. The van der Waals surface area contributed by atoms with E-state index in [4.69, 9.17) is 4.74 Å². The van der Waals surface area contributed by atoms with Crippen LogP contribution in [0.5, 0.6) is 0 Å². The maximum absolute atomic E-state index is 12.6. The Balaban J connectivity index is 3.14. The van der Waals surface area contributed by atoms with Gasteiger partial charge >= 0.3 is 27.7 Å². The molecular formula is C14H22F3NO7S. The second-order valence-corrected chi connectivity index (χ2v) is 8.55. The fourth-order valence-corrected chi connectivity index (χ4v) is 3.29. The summed E-state index contributed by atoms with van der Waals surface area (Å²) < 4.78 is 69.7. The highest BCUT2D eigenvalue weighted by Crippen LogP contribution is 2.39. The molecule has 0 aliphatic carbocycles. The first-order valence-corrected chi connectivity index (χ1v) is 9.17. The molecular weight excluding hydrogens is 383 g/mol. The van der Waals surface area contributed by atoms with Gasteiger partial charge in [0.05, 0.1) is 6.10 Å². The number of amides is 1. The predicted molar refractivity (Wildman–Crippen MR) is 82.6 cm³/mol. The lowest BCUT2D eigenvalue weighted by Crippen LogP contribution is -2.59. The maximum atomic E-state index is 12.6. The Morgan fingerprint density at radius 1 is 1.27 bits per heavy atom. The number of nitrogens with zero attached hydrogens (tertiary/aromatic N) is 1. The molecule has 1 aliphatic heterocycles. The van der Waals surface area contributed by atoms with Crippen molar-refractivity contribution in [2.75, 3.05) is 13.1 Å². The first kappa shape index (κ1) is 22.5. The van der Waals surface area contributed by atoms with Crippen LogP contribution < -0.4 is 0 Å². The fourth-order valence-electron chi connectivity index (χ4n) is 2.60. The van der Waals surface area contributed by atoms with Crippen molar-refractivity contribution in [2.45, 2.75) is 57.7 Å². The van der Waals surface area contributed by atoms with Crippen LogP contribution in [0.2, 0.25) is 0 Å². The van der Waals surface area contributed by atoms with Crippen molar-refractivity contribution >= 4 is 22.2 Å². The van der Waals surface area contributed by atoms with Crippen LogP contribution >= 0.6 is 0 Å². The van der Waals surface area contributed by atoms with Crippen LogP contribution in [0.15, 0.2) is 0 Å². The van der Waals surface area contributed by atoms with Crippen molar-refractivity contribution < 1.29 is 45.2 Å². The standard InChI is InChI=1S/C14H22F3NO7S/c1-5-13(10(19)20)8-18(11(21)24-12(2,3)4)7-6-9(13)25-26(22,23)14(15,16)17/h9H,5-8H2,1-4H3,(H,19,20). The minimum Gasteiger partial charge on any atom is -0.481 e. The Bertz CT molecular complexity index is 656. The van der Waals surface area contributed by atoms with Crippen molar-refractivity contribution in [3.63, 3.8) is 0 Å². The van der Waals surface area contributed by atoms with Crippen LogP contribution in [0.3, 0.4) is 0 Å². The largest absolute Gasteiger partial charge is 0.523 e. The molecule has 0 aromatic heterocycles. The summed E-state index contributed by atoms with van der Waals surface area (Å²) in [7, 11) is -5.98. The molecule has 0 bridgehead atoms. The second kappa shape index (κ2) is 7.22. The summed E-state index contributed by atoms with van der Waals surface area (Å²) in [6.45, 7) is 5.42. The number of hydrogen-bond acceptors (Lipinski definition) is 6. The number of likely N-dealkylation sites (tertiary alicyclic amines) is 1. The number of carbonyl (C=O) groups excluding carboxylic acids is 1. The lowest BCUT2D eigenvalue weighted by molar-refractivity contribution is -0.162. The molecule has 0 spiro atoms. The van der Waals surface area contributed by atoms with E-state index in [2.05, 4.69) is 4.18 Å². The molecule has 1 rings (SSSR count). The molecule has 1 fully saturated rings. The minimum atomic E-state index is -5.98. The average molecular weight is 405 g/mol. The van der Waals surface area contributed by atoms with E-state index in [9.17, 15) is 36.3 Å². The Kier molecular flexibility index (Phi) is 6.24. The number of ether oxygens (including phenoxy) is 1. The zero-order valence-corrected chi connectivity index (χ0v) is 15.6. The molecule has 12 heteroatoms. The summed E-state index contributed by atoms with van der Waals surface area (Å²) in [6, 6.07) is 0. The van der Waals surface area contributed by atoms with Gasteiger partial charge in [-0.15, -0.1) is 0 Å². The molecule has 152 valence electrons. The molecule has 1 heterocycles. The van der Waals surface area contributed by atoms with Gasteiger partial charge in [0.25, 0.3) is 0 Å². The van der Waals surface area contributed by atoms with Crippen LogP contribution in [0.1, 0.15) is 40.5 Å². The summed E-state index contributed by atoms with van der Waals surface area (Å²) in [5.41, 5.74) is -8.55. The van der Waals surface area contributed by atoms with E-state index in [0.717, 1.165) is 4.90 Å². The number of hydrogen-bond donors (Lipinski definition) is 1. The molecule has 1 N–H and O–H groups in total. The lowest BCUT2D eigenvalue weighted by atomic mass is 9.75. The third kappa shape index (κ3) is 4.78. The zero-order valence-electron chi connectivity index (χ0n) is 14.8. The summed E-state index contributed by atoms with van der Waals surface area (Å²) in [5.74, 6) is -1.56. The number of alkyl halides is 3. The average Bonchev–Trinajstić information content (AvgIpc) is 2.44. The summed E-state index contributed by atoms with van der Waals surface area (Å²) in [5, 5.41) is 9.56. The van der Waals surface area contributed by atoms with Crippen LogP contribution in [0.25, 0.3) is 0 Å². The van der Waals surface area contributed by atoms with E-state index < -0.39 is 57.8 Å². The van der Waals surface area contributed by atoms with Gasteiger partial charge in [-0.2, -0.15) is 21.6 Å². The van der Waals surface area contributed by atoms with Crippen LogP contribution in [-0.2, 0) is 23.8 Å². The van der Waals surface area contributed by atoms with Crippen LogP contribution in [0, 0.1) is 5.41 Å². The van der Waals surface area contributed by atoms with Gasteiger partial charge in [0.15, 0.2) is 0 Å². The molecule has 1 amide bonds. The van der Waals surface area contributed by atoms with E-state index in [1.807, 2.05) is 0 Å². The number of halogens is 3. The number of carboxylic acids is 1. The van der Waals surface area contributed by atoms with Crippen LogP contribution in [-0.4, -0.2) is 60.8 Å². The topological polar surface area (TPSA) is 110 Å². The van der Waals surface area contributed by atoms with Crippen molar-refractivity contribution in [1.82, 2.24) is 4.90 Å². The summed E-state index contributed by atoms with van der Waals surface area (Å²) >= 11 is 0.